The topological polar surface area (TPSA) is 3.24 Å². The van der Waals surface area contributed by atoms with Gasteiger partial charge in [-0.2, -0.15) is 0 Å². The van der Waals surface area contributed by atoms with Crippen LogP contribution in [0.4, 0.5) is 4.39 Å². The van der Waals surface area contributed by atoms with Gasteiger partial charge in [-0.25, -0.2) is 8.70 Å². The van der Waals surface area contributed by atoms with E-state index in [1.165, 1.54) is 12.0 Å². The molecule has 0 spiro atoms. The molecule has 0 radical (unpaired) electrons. The van der Waals surface area contributed by atoms with E-state index in [9.17, 15) is 4.39 Å². The number of halogens is 2. The zero-order valence-corrected chi connectivity index (χ0v) is 14.0. The number of rotatable bonds is 3. The molecule has 1 aliphatic rings. The van der Waals surface area contributed by atoms with Gasteiger partial charge in [-0.05, 0) is 30.5 Å². The van der Waals surface area contributed by atoms with Crippen LogP contribution in [0.25, 0.3) is 0 Å². The van der Waals surface area contributed by atoms with Gasteiger partial charge >= 0.3 is 0 Å². The van der Waals surface area contributed by atoms with E-state index in [4.69, 9.17) is 0 Å². The monoisotopic (exact) mass is 365 g/mol. The van der Waals surface area contributed by atoms with Crippen molar-refractivity contribution in [1.29, 1.82) is 0 Å². The SMILES string of the molecule is Fc1cc(Br)ccc1CN1CCCC(c2ccccc2)S1. The predicted octanol–water partition coefficient (Wildman–Crippen LogP) is 5.57. The molecule has 110 valence electrons. The third-order valence-corrected chi connectivity index (χ3v) is 5.55. The minimum atomic E-state index is -0.133. The molecular formula is C17H17BrFNS. The third kappa shape index (κ3) is 3.87. The number of nitrogens with zero attached hydrogens (tertiary/aromatic N) is 1. The van der Waals surface area contributed by atoms with Crippen molar-refractivity contribution in [3.8, 4) is 0 Å². The summed E-state index contributed by atoms with van der Waals surface area (Å²) < 4.78 is 17.0. The molecular weight excluding hydrogens is 349 g/mol. The quantitative estimate of drug-likeness (QED) is 0.653. The fraction of sp³-hybridized carbons (Fsp3) is 0.294. The highest BCUT2D eigenvalue weighted by atomic mass is 79.9. The summed E-state index contributed by atoms with van der Waals surface area (Å²) in [6.07, 6.45) is 2.35. The van der Waals surface area contributed by atoms with E-state index in [1.807, 2.05) is 30.1 Å². The lowest BCUT2D eigenvalue weighted by Gasteiger charge is -2.32. The molecule has 1 atom stereocenters. The van der Waals surface area contributed by atoms with Gasteiger partial charge in [-0.15, -0.1) is 0 Å². The highest BCUT2D eigenvalue weighted by Gasteiger charge is 2.22. The normalized spacial score (nSPS) is 19.6. The minimum absolute atomic E-state index is 0.133. The largest absolute Gasteiger partial charge is 0.246 e. The number of benzene rings is 2. The first-order valence-corrected chi connectivity index (χ1v) is 8.76. The molecule has 21 heavy (non-hydrogen) atoms. The van der Waals surface area contributed by atoms with Crippen LogP contribution < -0.4 is 0 Å². The molecule has 1 nitrogen and oxygen atoms in total. The summed E-state index contributed by atoms with van der Waals surface area (Å²) in [7, 11) is 0. The number of hydrogen-bond donors (Lipinski definition) is 0. The van der Waals surface area contributed by atoms with Gasteiger partial charge in [0.2, 0.25) is 0 Å². The van der Waals surface area contributed by atoms with Crippen LogP contribution in [0.2, 0.25) is 0 Å². The summed E-state index contributed by atoms with van der Waals surface area (Å²) in [5, 5.41) is 0.485. The molecule has 2 aromatic carbocycles. The van der Waals surface area contributed by atoms with E-state index < -0.39 is 0 Å². The van der Waals surface area contributed by atoms with Crippen LogP contribution in [-0.4, -0.2) is 10.8 Å². The molecule has 2 aromatic rings. The first-order chi connectivity index (χ1) is 10.2. The van der Waals surface area contributed by atoms with Crippen LogP contribution in [0.15, 0.2) is 53.0 Å². The zero-order chi connectivity index (χ0) is 14.7. The standard InChI is InChI=1S/C17H17BrFNS/c18-15-9-8-14(16(19)11-15)12-20-10-4-7-17(21-20)13-5-2-1-3-6-13/h1-3,5-6,8-9,11,17H,4,7,10,12H2. The van der Waals surface area contributed by atoms with E-state index in [-0.39, 0.29) is 5.82 Å². The predicted molar refractivity (Wildman–Crippen MR) is 90.5 cm³/mol. The van der Waals surface area contributed by atoms with Crippen molar-refractivity contribution in [2.45, 2.75) is 24.6 Å². The average Bonchev–Trinajstić information content (AvgIpc) is 2.51. The van der Waals surface area contributed by atoms with E-state index in [0.29, 0.717) is 11.8 Å². The Bertz CT molecular complexity index is 605. The summed E-state index contributed by atoms with van der Waals surface area (Å²) in [6.45, 7) is 1.68. The van der Waals surface area contributed by atoms with Gasteiger partial charge in [-0.3, -0.25) is 0 Å². The second-order valence-electron chi connectivity index (χ2n) is 5.25. The molecule has 1 saturated heterocycles. The van der Waals surface area contributed by atoms with Crippen molar-refractivity contribution in [2.24, 2.45) is 0 Å². The summed E-state index contributed by atoms with van der Waals surface area (Å²) in [6, 6.07) is 15.9. The van der Waals surface area contributed by atoms with E-state index in [1.54, 1.807) is 6.07 Å². The lowest BCUT2D eigenvalue weighted by atomic mass is 10.1. The second kappa shape index (κ2) is 6.95. The van der Waals surface area contributed by atoms with Crippen molar-refractivity contribution in [3.63, 3.8) is 0 Å². The molecule has 1 heterocycles. The van der Waals surface area contributed by atoms with Gasteiger partial charge in [0, 0.05) is 28.4 Å². The molecule has 3 rings (SSSR count). The minimum Gasteiger partial charge on any atom is -0.246 e. The Morgan fingerprint density at radius 1 is 1.19 bits per heavy atom. The summed E-state index contributed by atoms with van der Waals surface area (Å²) >= 11 is 5.15. The smallest absolute Gasteiger partial charge is 0.128 e. The Morgan fingerprint density at radius 3 is 2.76 bits per heavy atom. The van der Waals surface area contributed by atoms with Crippen molar-refractivity contribution in [1.82, 2.24) is 4.31 Å². The molecule has 4 heteroatoms. The van der Waals surface area contributed by atoms with E-state index in [0.717, 1.165) is 23.0 Å². The molecule has 0 saturated carbocycles. The average molecular weight is 366 g/mol. The highest BCUT2D eigenvalue weighted by Crippen LogP contribution is 2.40. The Morgan fingerprint density at radius 2 is 2.00 bits per heavy atom. The van der Waals surface area contributed by atoms with Crippen molar-refractivity contribution < 1.29 is 4.39 Å². The van der Waals surface area contributed by atoms with Crippen molar-refractivity contribution >= 4 is 27.9 Å². The molecule has 0 bridgehead atoms. The lowest BCUT2D eigenvalue weighted by molar-refractivity contribution is 0.411. The number of hydrogen-bond acceptors (Lipinski definition) is 2. The molecule has 0 amide bonds. The van der Waals surface area contributed by atoms with E-state index >= 15 is 0 Å². The summed E-state index contributed by atoms with van der Waals surface area (Å²) in [4.78, 5) is 0. The van der Waals surface area contributed by atoms with Crippen LogP contribution in [0.5, 0.6) is 0 Å². The fourth-order valence-corrected chi connectivity index (χ4v) is 4.28. The molecule has 0 N–H and O–H groups in total. The van der Waals surface area contributed by atoms with Crippen LogP contribution in [-0.2, 0) is 6.54 Å². The Balaban J connectivity index is 1.69. The van der Waals surface area contributed by atoms with Crippen LogP contribution in [0.1, 0.15) is 29.2 Å². The van der Waals surface area contributed by atoms with Crippen LogP contribution in [0.3, 0.4) is 0 Å². The molecule has 1 aliphatic heterocycles. The van der Waals surface area contributed by atoms with Gasteiger partial charge < -0.3 is 0 Å². The highest BCUT2D eigenvalue weighted by molar-refractivity contribution is 9.10. The Hall–Kier alpha value is -0.840. The van der Waals surface area contributed by atoms with Crippen LogP contribution in [0, 0.1) is 5.82 Å². The first-order valence-electron chi connectivity index (χ1n) is 7.13. The molecule has 1 unspecified atom stereocenters. The van der Waals surface area contributed by atoms with Crippen LogP contribution >= 0.6 is 27.9 Å². The fourth-order valence-electron chi connectivity index (χ4n) is 2.59. The third-order valence-electron chi connectivity index (χ3n) is 3.68. The van der Waals surface area contributed by atoms with Gasteiger partial charge in [0.15, 0.2) is 0 Å². The van der Waals surface area contributed by atoms with Gasteiger partial charge in [-0.1, -0.05) is 64.3 Å². The van der Waals surface area contributed by atoms with Gasteiger partial charge in [0.1, 0.15) is 5.82 Å². The van der Waals surface area contributed by atoms with Gasteiger partial charge in [0.25, 0.3) is 0 Å². The van der Waals surface area contributed by atoms with Gasteiger partial charge in [0.05, 0.1) is 0 Å². The second-order valence-corrected chi connectivity index (χ2v) is 7.46. The molecule has 1 fully saturated rings. The van der Waals surface area contributed by atoms with Crippen molar-refractivity contribution in [3.05, 3.63) is 69.9 Å². The summed E-state index contributed by atoms with van der Waals surface area (Å²) in [5.74, 6) is -0.133. The molecule has 0 aliphatic carbocycles. The van der Waals surface area contributed by atoms with E-state index in [2.05, 4.69) is 44.5 Å². The summed E-state index contributed by atoms with van der Waals surface area (Å²) in [5.41, 5.74) is 2.13. The Kier molecular flexibility index (Phi) is 4.99. The maximum absolute atomic E-state index is 14.0. The maximum atomic E-state index is 14.0. The first kappa shape index (κ1) is 15.1. The maximum Gasteiger partial charge on any atom is 0.128 e. The Labute approximate surface area is 137 Å². The lowest BCUT2D eigenvalue weighted by Crippen LogP contribution is -2.23. The molecule has 0 aromatic heterocycles. The zero-order valence-electron chi connectivity index (χ0n) is 11.6. The van der Waals surface area contributed by atoms with Crippen molar-refractivity contribution in [2.75, 3.05) is 6.54 Å².